The lowest BCUT2D eigenvalue weighted by Crippen LogP contribution is -2.47. The Morgan fingerprint density at radius 1 is 1.14 bits per heavy atom. The number of rotatable bonds is 4. The first kappa shape index (κ1) is 18.6. The van der Waals surface area contributed by atoms with E-state index in [0.717, 1.165) is 0 Å². The molecule has 7 nitrogen and oxygen atoms in total. The quantitative estimate of drug-likeness (QED) is 0.642. The van der Waals surface area contributed by atoms with Crippen molar-refractivity contribution in [2.45, 2.75) is 23.5 Å². The van der Waals surface area contributed by atoms with Gasteiger partial charge in [0.2, 0.25) is 0 Å². The number of benzene rings is 1. The minimum absolute atomic E-state index is 0.00352. The molecule has 2 rings (SSSR count). The molecule has 3 N–H and O–H groups in total. The number of nitrogens with zero attached hydrogens (tertiary/aromatic N) is 1. The Balaban J connectivity index is 0.000000745. The average Bonchev–Trinajstić information content (AvgIpc) is 2.46. The Kier molecular flexibility index (Phi) is 7.46. The van der Waals surface area contributed by atoms with Gasteiger partial charge in [0.1, 0.15) is 0 Å². The molecule has 1 aliphatic rings. The predicted octanol–water partition coefficient (Wildman–Crippen LogP) is -0.411. The van der Waals surface area contributed by atoms with Crippen LogP contribution in [0.1, 0.15) is 6.42 Å². The van der Waals surface area contributed by atoms with Gasteiger partial charge in [0.25, 0.3) is 6.47 Å². The zero-order chi connectivity index (χ0) is 16.6. The molecule has 1 heterocycles. The summed E-state index contributed by atoms with van der Waals surface area (Å²) < 4.78 is 24.2. The molecule has 0 aliphatic carbocycles. The monoisotopic (exact) mass is 331 g/mol. The van der Waals surface area contributed by atoms with Crippen LogP contribution in [0.4, 0.5) is 0 Å². The second-order valence-electron chi connectivity index (χ2n) is 5.04. The molecule has 0 saturated carbocycles. The van der Waals surface area contributed by atoms with Crippen molar-refractivity contribution < 1.29 is 28.5 Å². The largest absolute Gasteiger partial charge is 0.483 e. The molecule has 124 valence electrons. The van der Waals surface area contributed by atoms with Crippen molar-refractivity contribution in [1.82, 2.24) is 4.90 Å². The van der Waals surface area contributed by atoms with Gasteiger partial charge in [0.05, 0.1) is 22.9 Å². The van der Waals surface area contributed by atoms with E-state index in [-0.39, 0.29) is 12.2 Å². The van der Waals surface area contributed by atoms with E-state index in [4.69, 9.17) is 9.90 Å². The second-order valence-corrected chi connectivity index (χ2v) is 7.15. The van der Waals surface area contributed by atoms with Crippen molar-refractivity contribution in [2.75, 3.05) is 25.4 Å². The number of aliphatic hydroxyl groups excluding tert-OH is 2. The van der Waals surface area contributed by atoms with Crippen LogP contribution in [-0.4, -0.2) is 72.7 Å². The molecule has 1 fully saturated rings. The molecular weight excluding hydrogens is 310 g/mol. The van der Waals surface area contributed by atoms with Gasteiger partial charge in [-0.2, -0.15) is 0 Å². The molecule has 0 aromatic heterocycles. The Morgan fingerprint density at radius 3 is 2.14 bits per heavy atom. The summed E-state index contributed by atoms with van der Waals surface area (Å²) in [4.78, 5) is 10.5. The number of hydrogen-bond donors (Lipinski definition) is 3. The third-order valence-corrected chi connectivity index (χ3v) is 4.97. The van der Waals surface area contributed by atoms with E-state index in [2.05, 4.69) is 0 Å². The molecule has 1 aromatic rings. The fourth-order valence-corrected chi connectivity index (χ4v) is 3.62. The summed E-state index contributed by atoms with van der Waals surface area (Å²) in [5, 5.41) is 26.0. The number of β-amino-alcohol motifs (C(OH)–C–C–N with tert-alkyl or cyclic N) is 2. The summed E-state index contributed by atoms with van der Waals surface area (Å²) in [6.45, 7) is 0.911. The SMILES string of the molecule is O=CO.O=S(=O)(CCN1C[C@H](O)C[C@@H](O)C1)c1ccccc1. The minimum Gasteiger partial charge on any atom is -0.483 e. The van der Waals surface area contributed by atoms with E-state index < -0.39 is 22.0 Å². The molecule has 1 aromatic carbocycles. The lowest BCUT2D eigenvalue weighted by molar-refractivity contribution is -0.122. The highest BCUT2D eigenvalue weighted by atomic mass is 32.2. The topological polar surface area (TPSA) is 115 Å². The van der Waals surface area contributed by atoms with Gasteiger partial charge < -0.3 is 15.3 Å². The molecule has 8 heteroatoms. The van der Waals surface area contributed by atoms with Crippen LogP contribution >= 0.6 is 0 Å². The fourth-order valence-electron chi connectivity index (χ4n) is 2.31. The van der Waals surface area contributed by atoms with Crippen molar-refractivity contribution in [3.8, 4) is 0 Å². The fraction of sp³-hybridized carbons (Fsp3) is 0.500. The molecule has 0 spiro atoms. The summed E-state index contributed by atoms with van der Waals surface area (Å²) in [5.41, 5.74) is 0. The number of piperidine rings is 1. The smallest absolute Gasteiger partial charge is 0.290 e. The van der Waals surface area contributed by atoms with Crippen LogP contribution in [0.25, 0.3) is 0 Å². The van der Waals surface area contributed by atoms with Crippen LogP contribution in [0.2, 0.25) is 0 Å². The molecule has 0 radical (unpaired) electrons. The number of sulfone groups is 1. The second kappa shape index (κ2) is 8.84. The van der Waals surface area contributed by atoms with Crippen molar-refractivity contribution in [3.05, 3.63) is 30.3 Å². The first-order chi connectivity index (χ1) is 10.4. The Morgan fingerprint density at radius 2 is 1.64 bits per heavy atom. The van der Waals surface area contributed by atoms with Crippen LogP contribution in [-0.2, 0) is 14.6 Å². The summed E-state index contributed by atoms with van der Waals surface area (Å²) in [6.07, 6.45) is -0.798. The van der Waals surface area contributed by atoms with Gasteiger partial charge >= 0.3 is 0 Å². The van der Waals surface area contributed by atoms with E-state index in [9.17, 15) is 18.6 Å². The van der Waals surface area contributed by atoms with E-state index in [1.54, 1.807) is 35.2 Å². The number of carboxylic acid groups (broad SMARTS) is 1. The maximum Gasteiger partial charge on any atom is 0.290 e. The first-order valence-electron chi connectivity index (χ1n) is 6.83. The Labute approximate surface area is 129 Å². The molecule has 0 bridgehead atoms. The van der Waals surface area contributed by atoms with Crippen LogP contribution in [0.3, 0.4) is 0 Å². The van der Waals surface area contributed by atoms with Crippen LogP contribution in [0.15, 0.2) is 35.2 Å². The molecular formula is C14H21NO6S. The zero-order valence-corrected chi connectivity index (χ0v) is 12.9. The van der Waals surface area contributed by atoms with Crippen molar-refractivity contribution in [2.24, 2.45) is 0 Å². The molecule has 0 amide bonds. The number of aliphatic hydroxyl groups is 2. The number of hydrogen-bond acceptors (Lipinski definition) is 6. The van der Waals surface area contributed by atoms with E-state index >= 15 is 0 Å². The van der Waals surface area contributed by atoms with Crippen molar-refractivity contribution in [3.63, 3.8) is 0 Å². The lowest BCUT2D eigenvalue weighted by Gasteiger charge is -2.33. The third-order valence-electron chi connectivity index (χ3n) is 3.26. The van der Waals surface area contributed by atoms with E-state index in [0.29, 0.717) is 31.0 Å². The van der Waals surface area contributed by atoms with Crippen LogP contribution < -0.4 is 0 Å². The van der Waals surface area contributed by atoms with E-state index in [1.807, 2.05) is 0 Å². The highest BCUT2D eigenvalue weighted by molar-refractivity contribution is 7.91. The van der Waals surface area contributed by atoms with E-state index in [1.165, 1.54) is 0 Å². The Bertz CT molecular complexity index is 538. The van der Waals surface area contributed by atoms with Gasteiger partial charge in [0.15, 0.2) is 9.84 Å². The maximum atomic E-state index is 12.1. The zero-order valence-electron chi connectivity index (χ0n) is 12.1. The summed E-state index contributed by atoms with van der Waals surface area (Å²) >= 11 is 0. The van der Waals surface area contributed by atoms with Crippen LogP contribution in [0, 0.1) is 0 Å². The predicted molar refractivity (Wildman–Crippen MR) is 80.3 cm³/mol. The molecule has 1 saturated heterocycles. The molecule has 1 aliphatic heterocycles. The van der Waals surface area contributed by atoms with Gasteiger partial charge in [-0.1, -0.05) is 18.2 Å². The van der Waals surface area contributed by atoms with Crippen molar-refractivity contribution in [1.29, 1.82) is 0 Å². The molecule has 0 unspecified atom stereocenters. The van der Waals surface area contributed by atoms with Gasteiger partial charge in [-0.3, -0.25) is 9.69 Å². The highest BCUT2D eigenvalue weighted by Crippen LogP contribution is 2.13. The van der Waals surface area contributed by atoms with Crippen LogP contribution in [0.5, 0.6) is 0 Å². The van der Waals surface area contributed by atoms with Gasteiger partial charge in [-0.15, -0.1) is 0 Å². The normalized spacial score (nSPS) is 22.5. The summed E-state index contributed by atoms with van der Waals surface area (Å²) in [5.74, 6) is -0.00352. The Hall–Kier alpha value is -1.48. The number of likely N-dealkylation sites (tertiary alicyclic amines) is 1. The average molecular weight is 331 g/mol. The van der Waals surface area contributed by atoms with Gasteiger partial charge in [-0.05, 0) is 12.1 Å². The van der Waals surface area contributed by atoms with Crippen molar-refractivity contribution >= 4 is 16.3 Å². The third kappa shape index (κ3) is 6.10. The van der Waals surface area contributed by atoms with Gasteiger partial charge in [-0.25, -0.2) is 8.42 Å². The maximum absolute atomic E-state index is 12.1. The lowest BCUT2D eigenvalue weighted by atomic mass is 10.1. The highest BCUT2D eigenvalue weighted by Gasteiger charge is 2.25. The number of carbonyl (C=O) groups is 1. The summed E-state index contributed by atoms with van der Waals surface area (Å²) in [6, 6.07) is 8.32. The first-order valence-corrected chi connectivity index (χ1v) is 8.48. The minimum atomic E-state index is -3.30. The standard InChI is InChI=1S/C13H19NO4S.CH2O2/c15-11-8-12(16)10-14(9-11)6-7-19(17,18)13-4-2-1-3-5-13;2-1-3/h1-5,11-12,15-16H,6-10H2;1H,(H,2,3)/t11-,12-;/m1./s1. The van der Waals surface area contributed by atoms with Gasteiger partial charge in [0, 0.05) is 26.1 Å². The molecule has 22 heavy (non-hydrogen) atoms. The molecule has 2 atom stereocenters. The summed E-state index contributed by atoms with van der Waals surface area (Å²) in [7, 11) is -3.30.